The van der Waals surface area contributed by atoms with Gasteiger partial charge in [-0.15, -0.1) is 0 Å². The topological polar surface area (TPSA) is 9.23 Å². The quantitative estimate of drug-likeness (QED) is 0.663. The van der Waals surface area contributed by atoms with Crippen molar-refractivity contribution in [3.63, 3.8) is 0 Å². The second kappa shape index (κ2) is 4.94. The summed E-state index contributed by atoms with van der Waals surface area (Å²) < 4.78 is 5.36. The van der Waals surface area contributed by atoms with Crippen LogP contribution in [0.4, 0.5) is 0 Å². The SMILES string of the molecule is CC(C)[CH]OCc1ccccc1. The molecule has 0 heterocycles. The summed E-state index contributed by atoms with van der Waals surface area (Å²) in [4.78, 5) is 0. The average Bonchev–Trinajstić information content (AvgIpc) is 2.05. The van der Waals surface area contributed by atoms with Gasteiger partial charge in [-0.2, -0.15) is 0 Å². The maximum absolute atomic E-state index is 5.36. The molecule has 12 heavy (non-hydrogen) atoms. The number of rotatable bonds is 4. The van der Waals surface area contributed by atoms with E-state index in [9.17, 15) is 0 Å². The lowest BCUT2D eigenvalue weighted by atomic mass is 10.2. The van der Waals surface area contributed by atoms with Gasteiger partial charge < -0.3 is 4.74 Å². The first-order valence-corrected chi connectivity index (χ1v) is 4.28. The molecule has 0 saturated heterocycles. The molecule has 1 aromatic carbocycles. The number of hydrogen-bond acceptors (Lipinski definition) is 1. The predicted octanol–water partition coefficient (Wildman–Crippen LogP) is 3.02. The first kappa shape index (κ1) is 9.27. The van der Waals surface area contributed by atoms with Gasteiger partial charge >= 0.3 is 0 Å². The molecule has 1 rings (SSSR count). The van der Waals surface area contributed by atoms with Crippen molar-refractivity contribution in [2.45, 2.75) is 20.5 Å². The molecule has 0 N–H and O–H groups in total. The zero-order valence-electron chi connectivity index (χ0n) is 7.66. The second-order valence-corrected chi connectivity index (χ2v) is 3.18. The number of benzene rings is 1. The third kappa shape index (κ3) is 3.54. The van der Waals surface area contributed by atoms with E-state index in [2.05, 4.69) is 26.0 Å². The Kier molecular flexibility index (Phi) is 3.81. The van der Waals surface area contributed by atoms with E-state index in [1.165, 1.54) is 5.56 Å². The summed E-state index contributed by atoms with van der Waals surface area (Å²) in [6, 6.07) is 10.2. The van der Waals surface area contributed by atoms with E-state index in [1.807, 2.05) is 24.8 Å². The van der Waals surface area contributed by atoms with Crippen LogP contribution in [-0.4, -0.2) is 0 Å². The maximum Gasteiger partial charge on any atom is 0.0866 e. The molecule has 0 fully saturated rings. The molecular weight excluding hydrogens is 148 g/mol. The van der Waals surface area contributed by atoms with Crippen LogP contribution in [0.25, 0.3) is 0 Å². The monoisotopic (exact) mass is 163 g/mol. The van der Waals surface area contributed by atoms with Gasteiger partial charge in [0, 0.05) is 0 Å². The first-order valence-electron chi connectivity index (χ1n) is 4.28. The van der Waals surface area contributed by atoms with Crippen LogP contribution >= 0.6 is 0 Å². The molecule has 0 aliphatic carbocycles. The highest BCUT2D eigenvalue weighted by molar-refractivity contribution is 5.13. The summed E-state index contributed by atoms with van der Waals surface area (Å²) in [5.41, 5.74) is 1.22. The van der Waals surface area contributed by atoms with E-state index in [0.29, 0.717) is 12.5 Å². The van der Waals surface area contributed by atoms with Gasteiger partial charge in [0.1, 0.15) is 0 Å². The van der Waals surface area contributed by atoms with Crippen molar-refractivity contribution >= 4 is 0 Å². The van der Waals surface area contributed by atoms with Gasteiger partial charge in [-0.05, 0) is 11.5 Å². The average molecular weight is 163 g/mol. The minimum atomic E-state index is 0.494. The molecule has 0 aliphatic rings. The third-order valence-electron chi connectivity index (χ3n) is 1.46. The van der Waals surface area contributed by atoms with Gasteiger partial charge in [-0.3, -0.25) is 0 Å². The molecule has 0 atom stereocenters. The lowest BCUT2D eigenvalue weighted by Gasteiger charge is -2.05. The Morgan fingerprint density at radius 2 is 1.92 bits per heavy atom. The molecule has 0 saturated carbocycles. The van der Waals surface area contributed by atoms with Crippen LogP contribution in [0.3, 0.4) is 0 Å². The van der Waals surface area contributed by atoms with E-state index < -0.39 is 0 Å². The van der Waals surface area contributed by atoms with Crippen LogP contribution in [0.2, 0.25) is 0 Å². The van der Waals surface area contributed by atoms with Gasteiger partial charge in [-0.25, -0.2) is 0 Å². The largest absolute Gasteiger partial charge is 0.371 e. The van der Waals surface area contributed by atoms with E-state index in [1.54, 1.807) is 0 Å². The van der Waals surface area contributed by atoms with Crippen LogP contribution in [0.1, 0.15) is 19.4 Å². The number of ether oxygens (including phenoxy) is 1. The molecule has 0 amide bonds. The van der Waals surface area contributed by atoms with Crippen molar-refractivity contribution < 1.29 is 4.74 Å². The van der Waals surface area contributed by atoms with E-state index in [-0.39, 0.29) is 0 Å². The molecular formula is C11H15O. The Balaban J connectivity index is 2.25. The molecule has 0 unspecified atom stereocenters. The molecule has 0 aromatic heterocycles. The van der Waals surface area contributed by atoms with Crippen LogP contribution in [0, 0.1) is 12.5 Å². The fraction of sp³-hybridized carbons (Fsp3) is 0.364. The second-order valence-electron chi connectivity index (χ2n) is 3.18. The Labute approximate surface area is 74.4 Å². The van der Waals surface area contributed by atoms with Crippen molar-refractivity contribution in [1.82, 2.24) is 0 Å². The molecule has 0 aliphatic heterocycles. The van der Waals surface area contributed by atoms with Gasteiger partial charge in [0.15, 0.2) is 0 Å². The van der Waals surface area contributed by atoms with Crippen LogP contribution in [0.5, 0.6) is 0 Å². The van der Waals surface area contributed by atoms with Gasteiger partial charge in [0.2, 0.25) is 0 Å². The minimum absolute atomic E-state index is 0.494. The van der Waals surface area contributed by atoms with Crippen LogP contribution in [0.15, 0.2) is 30.3 Å². The molecule has 1 nitrogen and oxygen atoms in total. The highest BCUT2D eigenvalue weighted by Gasteiger charge is 1.95. The minimum Gasteiger partial charge on any atom is -0.371 e. The van der Waals surface area contributed by atoms with Crippen molar-refractivity contribution in [2.75, 3.05) is 0 Å². The smallest absolute Gasteiger partial charge is 0.0866 e. The normalized spacial score (nSPS) is 10.6. The van der Waals surface area contributed by atoms with E-state index in [4.69, 9.17) is 4.74 Å². The zero-order valence-corrected chi connectivity index (χ0v) is 7.66. The van der Waals surface area contributed by atoms with Crippen molar-refractivity contribution in [3.8, 4) is 0 Å². The molecule has 0 spiro atoms. The molecule has 1 aromatic rings. The maximum atomic E-state index is 5.36. The van der Waals surface area contributed by atoms with E-state index >= 15 is 0 Å². The molecule has 1 heteroatoms. The third-order valence-corrected chi connectivity index (χ3v) is 1.46. The highest BCUT2D eigenvalue weighted by Crippen LogP contribution is 2.05. The molecule has 1 radical (unpaired) electrons. The first-order chi connectivity index (χ1) is 5.79. The summed E-state index contributed by atoms with van der Waals surface area (Å²) in [5.74, 6) is 0.494. The highest BCUT2D eigenvalue weighted by atomic mass is 16.5. The van der Waals surface area contributed by atoms with Crippen molar-refractivity contribution in [1.29, 1.82) is 0 Å². The summed E-state index contributed by atoms with van der Waals surface area (Å²) in [5, 5.41) is 0. The fourth-order valence-corrected chi connectivity index (χ4v) is 0.911. The molecule has 65 valence electrons. The summed E-state index contributed by atoms with van der Waals surface area (Å²) >= 11 is 0. The van der Waals surface area contributed by atoms with Crippen molar-refractivity contribution in [2.24, 2.45) is 5.92 Å². The van der Waals surface area contributed by atoms with E-state index in [0.717, 1.165) is 0 Å². The molecule has 0 bridgehead atoms. The number of hydrogen-bond donors (Lipinski definition) is 0. The van der Waals surface area contributed by atoms with Gasteiger partial charge in [-0.1, -0.05) is 44.2 Å². The van der Waals surface area contributed by atoms with Crippen LogP contribution in [-0.2, 0) is 11.3 Å². The summed E-state index contributed by atoms with van der Waals surface area (Å²) in [6.07, 6.45) is 0. The zero-order chi connectivity index (χ0) is 8.81. The van der Waals surface area contributed by atoms with Crippen LogP contribution < -0.4 is 0 Å². The summed E-state index contributed by atoms with van der Waals surface area (Å²) in [6.45, 7) is 6.75. The van der Waals surface area contributed by atoms with Gasteiger partial charge in [0.05, 0.1) is 13.2 Å². The fourth-order valence-electron chi connectivity index (χ4n) is 0.911. The van der Waals surface area contributed by atoms with Gasteiger partial charge in [0.25, 0.3) is 0 Å². The Bertz CT molecular complexity index is 204. The standard InChI is InChI=1S/C11H15O/c1-10(2)8-12-9-11-6-4-3-5-7-11/h3-8,10H,9H2,1-2H3. The summed E-state index contributed by atoms with van der Waals surface area (Å²) in [7, 11) is 0. The lowest BCUT2D eigenvalue weighted by Crippen LogP contribution is -1.95. The lowest BCUT2D eigenvalue weighted by molar-refractivity contribution is 0.161. The Morgan fingerprint density at radius 1 is 1.25 bits per heavy atom. The van der Waals surface area contributed by atoms with Crippen molar-refractivity contribution in [3.05, 3.63) is 42.5 Å². The Morgan fingerprint density at radius 3 is 2.50 bits per heavy atom. The predicted molar refractivity (Wildman–Crippen MR) is 50.4 cm³/mol. The Hall–Kier alpha value is -0.820.